The number of hydrogen-bond donors (Lipinski definition) is 2. The second kappa shape index (κ2) is 9.03. The summed E-state index contributed by atoms with van der Waals surface area (Å²) in [4.78, 5) is 21.8. The molecule has 2 aromatic rings. The number of nitrogens with zero attached hydrogens (tertiary/aromatic N) is 1. The molecule has 2 rings (SSSR count). The van der Waals surface area contributed by atoms with Crippen LogP contribution in [0, 0.1) is 10.1 Å². The fraction of sp³-hybridized carbons (Fsp3) is 0.278. The van der Waals surface area contributed by atoms with Gasteiger partial charge in [-0.15, -0.1) is 0 Å². The number of amides is 1. The van der Waals surface area contributed by atoms with Gasteiger partial charge in [0.1, 0.15) is 6.10 Å². The third-order valence-electron chi connectivity index (χ3n) is 4.16. The summed E-state index contributed by atoms with van der Waals surface area (Å²) >= 11 is 12.1. The molecule has 144 valence electrons. The number of halogens is 2. The highest BCUT2D eigenvalue weighted by atomic mass is 35.5. The molecule has 0 aliphatic carbocycles. The fourth-order valence-electron chi connectivity index (χ4n) is 2.91. The van der Waals surface area contributed by atoms with Crippen molar-refractivity contribution in [2.45, 2.75) is 31.5 Å². The summed E-state index contributed by atoms with van der Waals surface area (Å²) in [5.41, 5.74) is 5.85. The molecule has 27 heavy (non-hydrogen) atoms. The number of rotatable bonds is 7. The van der Waals surface area contributed by atoms with Gasteiger partial charge in [-0.05, 0) is 29.7 Å². The van der Waals surface area contributed by atoms with Crippen LogP contribution in [-0.4, -0.2) is 22.2 Å². The predicted octanol–water partition coefficient (Wildman–Crippen LogP) is 4.59. The van der Waals surface area contributed by atoms with E-state index in [1.165, 1.54) is 18.2 Å². The van der Waals surface area contributed by atoms with Crippen LogP contribution >= 0.6 is 23.2 Å². The van der Waals surface area contributed by atoms with E-state index >= 15 is 0 Å². The monoisotopic (exact) mass is 412 g/mol. The van der Waals surface area contributed by atoms with Gasteiger partial charge in [-0.2, -0.15) is 0 Å². The number of carbonyl (C=O) groups is 1. The first-order valence-corrected chi connectivity index (χ1v) is 8.83. The quantitative estimate of drug-likeness (QED) is 0.509. The van der Waals surface area contributed by atoms with E-state index < -0.39 is 29.1 Å². The fourth-order valence-corrected chi connectivity index (χ4v) is 3.22. The Morgan fingerprint density at radius 1 is 1.22 bits per heavy atom. The smallest absolute Gasteiger partial charge is 0.404 e. The van der Waals surface area contributed by atoms with Gasteiger partial charge in [0, 0.05) is 12.1 Å². The Hall–Kier alpha value is -2.35. The van der Waals surface area contributed by atoms with Crippen LogP contribution < -0.4 is 5.73 Å². The van der Waals surface area contributed by atoms with Crippen LogP contribution in [-0.2, 0) is 4.74 Å². The number of nitro benzene ring substituents is 1. The first-order valence-electron chi connectivity index (χ1n) is 8.08. The minimum Gasteiger partial charge on any atom is -0.446 e. The molecule has 0 saturated heterocycles. The Kier molecular flexibility index (Phi) is 7.01. The van der Waals surface area contributed by atoms with Crippen molar-refractivity contribution in [3.63, 3.8) is 0 Å². The molecular weight excluding hydrogens is 395 g/mol. The summed E-state index contributed by atoms with van der Waals surface area (Å²) < 4.78 is 5.18. The lowest BCUT2D eigenvalue weighted by Crippen LogP contribution is -2.31. The molecule has 0 spiro atoms. The molecule has 3 N–H and O–H groups in total. The van der Waals surface area contributed by atoms with Gasteiger partial charge in [-0.3, -0.25) is 10.1 Å². The number of primary amides is 1. The molecule has 9 heteroatoms. The number of non-ortho nitro benzene ring substituents is 1. The number of benzene rings is 2. The minimum absolute atomic E-state index is 0.164. The highest BCUT2D eigenvalue weighted by Gasteiger charge is 2.33. The van der Waals surface area contributed by atoms with Crippen molar-refractivity contribution in [3.8, 4) is 0 Å². The largest absolute Gasteiger partial charge is 0.446 e. The average Bonchev–Trinajstić information content (AvgIpc) is 2.63. The van der Waals surface area contributed by atoms with Gasteiger partial charge in [0.15, 0.2) is 0 Å². The molecule has 0 fully saturated rings. The Balaban J connectivity index is 2.53. The summed E-state index contributed by atoms with van der Waals surface area (Å²) in [6.07, 6.45) is -2.64. The van der Waals surface area contributed by atoms with Crippen molar-refractivity contribution < 1.29 is 19.6 Å². The Morgan fingerprint density at radius 3 is 2.48 bits per heavy atom. The maximum Gasteiger partial charge on any atom is 0.404 e. The van der Waals surface area contributed by atoms with E-state index in [4.69, 9.17) is 33.7 Å². The molecule has 3 atom stereocenters. The van der Waals surface area contributed by atoms with Gasteiger partial charge in [0.25, 0.3) is 5.69 Å². The summed E-state index contributed by atoms with van der Waals surface area (Å²) in [7, 11) is 0. The van der Waals surface area contributed by atoms with E-state index in [9.17, 15) is 20.0 Å². The molecule has 3 unspecified atom stereocenters. The average molecular weight is 413 g/mol. The van der Waals surface area contributed by atoms with Gasteiger partial charge in [-0.1, -0.05) is 48.3 Å². The predicted molar refractivity (Wildman–Crippen MR) is 102 cm³/mol. The Bertz CT molecular complexity index is 846. The standard InChI is InChI=1S/C18H18Cl2N2O5/c1-2-15(27-18(21)24)16(10-6-7-13(19)14(20)9-10)17(23)11-4-3-5-12(8-11)22(25)26/h3-9,15-17,23H,2H2,1H3,(H2,21,24). The summed E-state index contributed by atoms with van der Waals surface area (Å²) in [6.45, 7) is 1.76. The number of nitro groups is 1. The summed E-state index contributed by atoms with van der Waals surface area (Å²) in [6, 6.07) is 10.4. The van der Waals surface area contributed by atoms with Crippen LogP contribution in [0.15, 0.2) is 42.5 Å². The summed E-state index contributed by atoms with van der Waals surface area (Å²) in [5.74, 6) is -0.765. The van der Waals surface area contributed by atoms with Crippen LogP contribution in [0.5, 0.6) is 0 Å². The van der Waals surface area contributed by atoms with Gasteiger partial charge >= 0.3 is 6.09 Å². The molecule has 0 radical (unpaired) electrons. The number of aliphatic hydroxyl groups is 1. The first-order chi connectivity index (χ1) is 12.7. The number of ether oxygens (including phenoxy) is 1. The van der Waals surface area contributed by atoms with Gasteiger partial charge in [-0.25, -0.2) is 4.79 Å². The van der Waals surface area contributed by atoms with Gasteiger partial charge < -0.3 is 15.6 Å². The zero-order chi connectivity index (χ0) is 20.1. The van der Waals surface area contributed by atoms with E-state index in [1.807, 2.05) is 0 Å². The lowest BCUT2D eigenvalue weighted by Gasteiger charge is -2.30. The van der Waals surface area contributed by atoms with Gasteiger partial charge in [0.2, 0.25) is 0 Å². The maximum absolute atomic E-state index is 11.3. The lowest BCUT2D eigenvalue weighted by atomic mass is 9.83. The maximum atomic E-state index is 11.3. The molecule has 1 amide bonds. The molecule has 2 aromatic carbocycles. The first kappa shape index (κ1) is 21.0. The second-order valence-electron chi connectivity index (χ2n) is 5.88. The second-order valence-corrected chi connectivity index (χ2v) is 6.69. The summed E-state index contributed by atoms with van der Waals surface area (Å²) in [5, 5.41) is 22.6. The SMILES string of the molecule is CCC(OC(N)=O)C(c1ccc(Cl)c(Cl)c1)C(O)c1cccc([N+](=O)[O-])c1. The molecule has 0 bridgehead atoms. The van der Waals surface area contributed by atoms with Crippen LogP contribution in [0.4, 0.5) is 10.5 Å². The van der Waals surface area contributed by atoms with Crippen molar-refractivity contribution in [1.82, 2.24) is 0 Å². The third-order valence-corrected chi connectivity index (χ3v) is 4.90. The van der Waals surface area contributed by atoms with E-state index in [2.05, 4.69) is 0 Å². The molecule has 0 aliphatic rings. The van der Waals surface area contributed by atoms with Gasteiger partial charge in [0.05, 0.1) is 27.0 Å². The van der Waals surface area contributed by atoms with E-state index in [0.29, 0.717) is 22.6 Å². The highest BCUT2D eigenvalue weighted by molar-refractivity contribution is 6.42. The van der Waals surface area contributed by atoms with Crippen molar-refractivity contribution in [2.75, 3.05) is 0 Å². The van der Waals surface area contributed by atoms with Crippen molar-refractivity contribution in [3.05, 3.63) is 73.8 Å². The minimum atomic E-state index is -1.22. The topological polar surface area (TPSA) is 116 Å². The van der Waals surface area contributed by atoms with E-state index in [0.717, 1.165) is 0 Å². The van der Waals surface area contributed by atoms with Crippen LogP contribution in [0.25, 0.3) is 0 Å². The van der Waals surface area contributed by atoms with E-state index in [-0.39, 0.29) is 10.7 Å². The third kappa shape index (κ3) is 5.09. The number of aliphatic hydroxyl groups excluding tert-OH is 1. The van der Waals surface area contributed by atoms with Crippen molar-refractivity contribution in [2.24, 2.45) is 5.73 Å². The molecule has 7 nitrogen and oxygen atoms in total. The van der Waals surface area contributed by atoms with Crippen molar-refractivity contribution >= 4 is 35.0 Å². The van der Waals surface area contributed by atoms with Crippen molar-refractivity contribution in [1.29, 1.82) is 0 Å². The lowest BCUT2D eigenvalue weighted by molar-refractivity contribution is -0.385. The molecule has 0 aromatic heterocycles. The zero-order valence-electron chi connectivity index (χ0n) is 14.3. The zero-order valence-corrected chi connectivity index (χ0v) is 15.9. The van der Waals surface area contributed by atoms with Crippen LogP contribution in [0.3, 0.4) is 0 Å². The van der Waals surface area contributed by atoms with Crippen LogP contribution in [0.1, 0.15) is 36.5 Å². The van der Waals surface area contributed by atoms with E-state index in [1.54, 1.807) is 31.2 Å². The highest BCUT2D eigenvalue weighted by Crippen LogP contribution is 2.39. The molecule has 0 aliphatic heterocycles. The van der Waals surface area contributed by atoms with Crippen LogP contribution in [0.2, 0.25) is 10.0 Å². The number of carbonyl (C=O) groups excluding carboxylic acids is 1. The molecule has 0 saturated carbocycles. The number of nitrogens with two attached hydrogens (primary N) is 1. The normalized spacial score (nSPS) is 14.2. The molecular formula is C18H18Cl2N2O5. The molecule has 0 heterocycles. The Morgan fingerprint density at radius 2 is 1.93 bits per heavy atom. The number of hydrogen-bond acceptors (Lipinski definition) is 5. The Labute approximate surface area is 165 Å².